The van der Waals surface area contributed by atoms with Gasteiger partial charge in [-0.2, -0.15) is 0 Å². The van der Waals surface area contributed by atoms with Crippen LogP contribution in [0.4, 0.5) is 0 Å². The number of benzene rings is 1. The first-order valence-electron chi connectivity index (χ1n) is 3.99. The van der Waals surface area contributed by atoms with Gasteiger partial charge in [-0.15, -0.1) is 0 Å². The number of hydrogen-bond acceptors (Lipinski definition) is 2. The average Bonchev–Trinajstić information content (AvgIpc) is 2.25. The van der Waals surface area contributed by atoms with Gasteiger partial charge in [0.05, 0.1) is 10.9 Å². The van der Waals surface area contributed by atoms with Crippen molar-refractivity contribution in [2.24, 2.45) is 4.99 Å². The average molecular weight is 161 g/mol. The zero-order valence-corrected chi connectivity index (χ0v) is 7.20. The van der Waals surface area contributed by atoms with E-state index in [9.17, 15) is 5.11 Å². The summed E-state index contributed by atoms with van der Waals surface area (Å²) in [6, 6.07) is 5.42. The Labute approximate surface area is 70.9 Å². The molecule has 0 atom stereocenters. The number of hydrogen-bond donors (Lipinski definition) is 1. The first kappa shape index (κ1) is 7.35. The second-order valence-electron chi connectivity index (χ2n) is 3.62. The predicted octanol–water partition coefficient (Wildman–Crippen LogP) is 0.585. The van der Waals surface area contributed by atoms with Crippen LogP contribution in [0, 0.1) is 0 Å². The molecule has 0 unspecified atom stereocenters. The number of nitrogens with zero attached hydrogens (tertiary/aromatic N) is 1. The summed E-state index contributed by atoms with van der Waals surface area (Å²) in [6.07, 6.45) is 1.98. The van der Waals surface area contributed by atoms with E-state index in [1.807, 2.05) is 32.1 Å². The molecule has 0 fully saturated rings. The molecule has 0 spiro atoms. The Balaban J connectivity index is 2.86. The van der Waals surface area contributed by atoms with E-state index in [2.05, 4.69) is 4.99 Å². The van der Waals surface area contributed by atoms with Gasteiger partial charge in [0.25, 0.3) is 0 Å². The lowest BCUT2D eigenvalue weighted by Crippen LogP contribution is -2.20. The lowest BCUT2D eigenvalue weighted by Gasteiger charge is -2.07. The van der Waals surface area contributed by atoms with Crippen LogP contribution < -0.4 is 10.6 Å². The highest BCUT2D eigenvalue weighted by Crippen LogP contribution is 2.13. The van der Waals surface area contributed by atoms with E-state index in [1.165, 1.54) is 0 Å². The minimum atomic E-state index is -0.166. The van der Waals surface area contributed by atoms with Crippen molar-refractivity contribution in [1.82, 2.24) is 0 Å². The van der Waals surface area contributed by atoms with Crippen LogP contribution in [-0.4, -0.2) is 10.6 Å². The van der Waals surface area contributed by atoms with Crippen LogP contribution >= 0.6 is 0 Å². The molecule has 2 nitrogen and oxygen atoms in total. The molecule has 2 rings (SSSR count). The standard InChI is InChI=1S/C10H11NO/c1-10(2)6-7-8(11-10)4-3-5-9(7)12/h3-6,12H,1-2H3. The second-order valence-corrected chi connectivity index (χ2v) is 3.62. The number of fused-ring (bicyclic) bond motifs is 1. The summed E-state index contributed by atoms with van der Waals surface area (Å²) in [5, 5.41) is 11.2. The van der Waals surface area contributed by atoms with Gasteiger partial charge in [0.15, 0.2) is 0 Å². The summed E-state index contributed by atoms with van der Waals surface area (Å²) in [5.41, 5.74) is -0.166. The zero-order valence-electron chi connectivity index (χ0n) is 7.20. The lowest BCUT2D eigenvalue weighted by atomic mass is 10.1. The van der Waals surface area contributed by atoms with Crippen molar-refractivity contribution in [3.63, 3.8) is 0 Å². The first-order valence-corrected chi connectivity index (χ1v) is 3.99. The Kier molecular flexibility index (Phi) is 1.28. The third kappa shape index (κ3) is 0.998. The molecule has 1 aliphatic heterocycles. The Hall–Kier alpha value is -1.31. The fourth-order valence-corrected chi connectivity index (χ4v) is 1.48. The first-order chi connectivity index (χ1) is 5.58. The van der Waals surface area contributed by atoms with E-state index in [-0.39, 0.29) is 5.54 Å². The maximum atomic E-state index is 9.47. The fraction of sp³-hybridized carbons (Fsp3) is 0.300. The van der Waals surface area contributed by atoms with Gasteiger partial charge in [-0.05, 0) is 32.1 Å². The quantitative estimate of drug-likeness (QED) is 0.593. The Morgan fingerprint density at radius 1 is 1.33 bits per heavy atom. The molecule has 1 aromatic rings. The number of phenolic OH excluding ortho intramolecular Hbond substituents is 1. The summed E-state index contributed by atoms with van der Waals surface area (Å²) in [6.45, 7) is 4.04. The molecule has 1 aromatic carbocycles. The van der Waals surface area contributed by atoms with Gasteiger partial charge in [0, 0.05) is 5.22 Å². The summed E-state index contributed by atoms with van der Waals surface area (Å²) >= 11 is 0. The number of aromatic hydroxyl groups is 1. The van der Waals surface area contributed by atoms with Crippen LogP contribution in [-0.2, 0) is 0 Å². The highest BCUT2D eigenvalue weighted by atomic mass is 16.3. The van der Waals surface area contributed by atoms with Crippen molar-refractivity contribution in [2.45, 2.75) is 19.4 Å². The van der Waals surface area contributed by atoms with Gasteiger partial charge in [-0.3, -0.25) is 4.99 Å². The molecule has 0 bridgehead atoms. The summed E-state index contributed by atoms with van der Waals surface area (Å²) in [4.78, 5) is 4.43. The molecule has 0 aliphatic carbocycles. The SMILES string of the molecule is CC1(C)C=c2c(O)cccc2=N1. The predicted molar refractivity (Wildman–Crippen MR) is 47.4 cm³/mol. The summed E-state index contributed by atoms with van der Waals surface area (Å²) in [7, 11) is 0. The third-order valence-electron chi connectivity index (χ3n) is 1.97. The minimum absolute atomic E-state index is 0.166. The maximum Gasteiger partial charge on any atom is 0.124 e. The van der Waals surface area contributed by atoms with Crippen LogP contribution in [0.1, 0.15) is 13.8 Å². The van der Waals surface area contributed by atoms with Crippen LogP contribution in [0.25, 0.3) is 6.08 Å². The summed E-state index contributed by atoms with van der Waals surface area (Å²) in [5.74, 6) is 0.321. The van der Waals surface area contributed by atoms with Crippen molar-refractivity contribution in [2.75, 3.05) is 0 Å². The van der Waals surface area contributed by atoms with E-state index in [4.69, 9.17) is 0 Å². The van der Waals surface area contributed by atoms with E-state index in [0.717, 1.165) is 10.6 Å². The molecule has 0 saturated carbocycles. The van der Waals surface area contributed by atoms with Crippen molar-refractivity contribution in [3.05, 3.63) is 28.8 Å². The molecule has 1 aliphatic rings. The van der Waals surface area contributed by atoms with Crippen molar-refractivity contribution in [1.29, 1.82) is 0 Å². The van der Waals surface area contributed by atoms with Crippen LogP contribution in [0.5, 0.6) is 5.75 Å². The monoisotopic (exact) mass is 161 g/mol. The number of phenols is 1. The number of rotatable bonds is 0. The molecule has 2 heteroatoms. The molecule has 12 heavy (non-hydrogen) atoms. The maximum absolute atomic E-state index is 9.47. The van der Waals surface area contributed by atoms with Crippen LogP contribution in [0.15, 0.2) is 23.2 Å². The van der Waals surface area contributed by atoms with E-state index in [0.29, 0.717) is 5.75 Å². The van der Waals surface area contributed by atoms with Crippen LogP contribution in [0.2, 0.25) is 0 Å². The second kappa shape index (κ2) is 2.09. The normalized spacial score (nSPS) is 17.8. The van der Waals surface area contributed by atoms with Crippen LogP contribution in [0.3, 0.4) is 0 Å². The highest BCUT2D eigenvalue weighted by Gasteiger charge is 2.17. The zero-order chi connectivity index (χ0) is 8.77. The Bertz CT molecular complexity index is 432. The minimum Gasteiger partial charge on any atom is -0.507 e. The fourth-order valence-electron chi connectivity index (χ4n) is 1.48. The van der Waals surface area contributed by atoms with E-state index < -0.39 is 0 Å². The van der Waals surface area contributed by atoms with Crippen molar-refractivity contribution in [3.8, 4) is 5.75 Å². The Morgan fingerprint density at radius 2 is 2.08 bits per heavy atom. The van der Waals surface area contributed by atoms with Gasteiger partial charge >= 0.3 is 0 Å². The molecular formula is C10H11NO. The molecule has 0 radical (unpaired) electrons. The van der Waals surface area contributed by atoms with Crippen molar-refractivity contribution >= 4 is 6.08 Å². The largest absolute Gasteiger partial charge is 0.507 e. The van der Waals surface area contributed by atoms with E-state index >= 15 is 0 Å². The lowest BCUT2D eigenvalue weighted by molar-refractivity contribution is 0.470. The molecule has 1 N–H and O–H groups in total. The molecule has 1 heterocycles. The van der Waals surface area contributed by atoms with E-state index in [1.54, 1.807) is 6.07 Å². The molecule has 0 amide bonds. The highest BCUT2D eigenvalue weighted by molar-refractivity contribution is 5.44. The molecular weight excluding hydrogens is 150 g/mol. The molecule has 0 aromatic heterocycles. The van der Waals surface area contributed by atoms with Gasteiger partial charge in [-0.1, -0.05) is 6.07 Å². The third-order valence-corrected chi connectivity index (χ3v) is 1.97. The smallest absolute Gasteiger partial charge is 0.124 e. The van der Waals surface area contributed by atoms with Crippen molar-refractivity contribution < 1.29 is 5.11 Å². The molecule has 62 valence electrons. The summed E-state index contributed by atoms with van der Waals surface area (Å²) < 4.78 is 0. The molecule has 0 saturated heterocycles. The van der Waals surface area contributed by atoms with Gasteiger partial charge in [-0.25, -0.2) is 0 Å². The van der Waals surface area contributed by atoms with Gasteiger partial charge in [0.1, 0.15) is 5.75 Å². The Morgan fingerprint density at radius 3 is 2.75 bits per heavy atom. The topological polar surface area (TPSA) is 32.6 Å². The van der Waals surface area contributed by atoms with Gasteiger partial charge in [0.2, 0.25) is 0 Å². The van der Waals surface area contributed by atoms with Gasteiger partial charge < -0.3 is 5.11 Å².